The van der Waals surface area contributed by atoms with Gasteiger partial charge in [-0.1, -0.05) is 19.1 Å². The molecule has 1 aromatic rings. The standard InChI is InChI=1S/C12H16IN/c1-12(7-2-8-14-9-12)10-3-5-11(13)6-4-10/h3-6,14H,2,7-9H2,1H3. The fourth-order valence-corrected chi connectivity index (χ4v) is 2.51. The lowest BCUT2D eigenvalue weighted by Crippen LogP contribution is -2.41. The van der Waals surface area contributed by atoms with E-state index in [1.165, 1.54) is 28.5 Å². The first-order chi connectivity index (χ1) is 6.71. The average molecular weight is 301 g/mol. The van der Waals surface area contributed by atoms with E-state index in [-0.39, 0.29) is 0 Å². The molecule has 14 heavy (non-hydrogen) atoms. The average Bonchev–Trinajstić information content (AvgIpc) is 2.19. The van der Waals surface area contributed by atoms with E-state index in [9.17, 15) is 0 Å². The lowest BCUT2D eigenvalue weighted by Gasteiger charge is -2.34. The van der Waals surface area contributed by atoms with Crippen molar-refractivity contribution >= 4 is 22.6 Å². The monoisotopic (exact) mass is 301 g/mol. The number of piperidine rings is 1. The first-order valence-corrected chi connectivity index (χ1v) is 6.25. The van der Waals surface area contributed by atoms with Gasteiger partial charge in [-0.05, 0) is 59.7 Å². The molecule has 1 nitrogen and oxygen atoms in total. The highest BCUT2D eigenvalue weighted by Crippen LogP contribution is 2.30. The number of rotatable bonds is 1. The Morgan fingerprint density at radius 2 is 2.00 bits per heavy atom. The molecule has 1 fully saturated rings. The van der Waals surface area contributed by atoms with E-state index in [1.807, 2.05) is 0 Å². The van der Waals surface area contributed by atoms with E-state index in [1.54, 1.807) is 0 Å². The summed E-state index contributed by atoms with van der Waals surface area (Å²) in [5, 5.41) is 3.49. The van der Waals surface area contributed by atoms with E-state index < -0.39 is 0 Å². The van der Waals surface area contributed by atoms with Gasteiger partial charge in [-0.15, -0.1) is 0 Å². The van der Waals surface area contributed by atoms with Crippen LogP contribution >= 0.6 is 22.6 Å². The van der Waals surface area contributed by atoms with Crippen LogP contribution in [0.15, 0.2) is 24.3 Å². The van der Waals surface area contributed by atoms with Gasteiger partial charge in [-0.25, -0.2) is 0 Å². The van der Waals surface area contributed by atoms with Crippen molar-refractivity contribution in [1.82, 2.24) is 5.32 Å². The fraction of sp³-hybridized carbons (Fsp3) is 0.500. The van der Waals surface area contributed by atoms with Crippen molar-refractivity contribution in [3.05, 3.63) is 33.4 Å². The van der Waals surface area contributed by atoms with Crippen LogP contribution in [-0.4, -0.2) is 13.1 Å². The zero-order chi connectivity index (χ0) is 10.0. The van der Waals surface area contributed by atoms with Crippen molar-refractivity contribution in [2.24, 2.45) is 0 Å². The second-order valence-corrected chi connectivity index (χ2v) is 5.59. The Morgan fingerprint density at radius 3 is 2.57 bits per heavy atom. The normalized spacial score (nSPS) is 27.6. The van der Waals surface area contributed by atoms with Gasteiger partial charge in [-0.3, -0.25) is 0 Å². The molecular weight excluding hydrogens is 285 g/mol. The van der Waals surface area contributed by atoms with Crippen LogP contribution in [0.1, 0.15) is 25.3 Å². The molecule has 0 aromatic heterocycles. The van der Waals surface area contributed by atoms with Crippen LogP contribution in [0.3, 0.4) is 0 Å². The molecule has 1 aliphatic rings. The highest BCUT2D eigenvalue weighted by atomic mass is 127. The lowest BCUT2D eigenvalue weighted by atomic mass is 9.77. The molecule has 1 aliphatic heterocycles. The third kappa shape index (κ3) is 2.11. The van der Waals surface area contributed by atoms with Crippen LogP contribution in [-0.2, 0) is 5.41 Å². The molecule has 1 heterocycles. The van der Waals surface area contributed by atoms with Crippen molar-refractivity contribution in [2.75, 3.05) is 13.1 Å². The van der Waals surface area contributed by atoms with Crippen LogP contribution in [0, 0.1) is 3.57 Å². The Bertz CT molecular complexity index is 299. The Morgan fingerprint density at radius 1 is 1.29 bits per heavy atom. The van der Waals surface area contributed by atoms with Crippen LogP contribution in [0.25, 0.3) is 0 Å². The molecule has 1 N–H and O–H groups in total. The smallest absolute Gasteiger partial charge is 0.0130 e. The summed E-state index contributed by atoms with van der Waals surface area (Å²) in [4.78, 5) is 0. The van der Waals surface area contributed by atoms with Gasteiger partial charge in [0.2, 0.25) is 0 Å². The molecule has 1 atom stereocenters. The maximum absolute atomic E-state index is 3.49. The van der Waals surface area contributed by atoms with Crippen molar-refractivity contribution in [3.8, 4) is 0 Å². The molecule has 2 rings (SSSR count). The first kappa shape index (κ1) is 10.4. The molecule has 0 saturated carbocycles. The summed E-state index contributed by atoms with van der Waals surface area (Å²) in [5.74, 6) is 0. The largest absolute Gasteiger partial charge is 0.316 e. The van der Waals surface area contributed by atoms with Crippen LogP contribution in [0.5, 0.6) is 0 Å². The molecule has 0 aliphatic carbocycles. The quantitative estimate of drug-likeness (QED) is 0.787. The predicted molar refractivity (Wildman–Crippen MR) is 68.6 cm³/mol. The highest BCUT2D eigenvalue weighted by molar-refractivity contribution is 14.1. The SMILES string of the molecule is CC1(c2ccc(I)cc2)CCCNC1. The molecule has 0 radical (unpaired) electrons. The van der Waals surface area contributed by atoms with Gasteiger partial charge >= 0.3 is 0 Å². The molecule has 1 aromatic carbocycles. The van der Waals surface area contributed by atoms with Crippen molar-refractivity contribution in [3.63, 3.8) is 0 Å². The van der Waals surface area contributed by atoms with Gasteiger partial charge in [0.15, 0.2) is 0 Å². The van der Waals surface area contributed by atoms with Crippen LogP contribution < -0.4 is 5.32 Å². The third-order valence-electron chi connectivity index (χ3n) is 3.14. The van der Waals surface area contributed by atoms with E-state index in [0.29, 0.717) is 5.41 Å². The molecule has 2 heteroatoms. The summed E-state index contributed by atoms with van der Waals surface area (Å²) in [7, 11) is 0. The molecular formula is C12H16IN. The Labute approximate surface area is 99.4 Å². The van der Waals surface area contributed by atoms with Gasteiger partial charge in [0, 0.05) is 15.5 Å². The van der Waals surface area contributed by atoms with E-state index in [0.717, 1.165) is 6.54 Å². The molecule has 0 bridgehead atoms. The summed E-state index contributed by atoms with van der Waals surface area (Å²) < 4.78 is 1.32. The Balaban J connectivity index is 2.23. The number of benzene rings is 1. The minimum atomic E-state index is 0.350. The number of hydrogen-bond acceptors (Lipinski definition) is 1. The summed E-state index contributed by atoms with van der Waals surface area (Å²) in [5.41, 5.74) is 1.83. The maximum Gasteiger partial charge on any atom is 0.0130 e. The number of halogens is 1. The molecule has 1 unspecified atom stereocenters. The van der Waals surface area contributed by atoms with E-state index in [2.05, 4.69) is 59.1 Å². The minimum absolute atomic E-state index is 0.350. The summed E-state index contributed by atoms with van der Waals surface area (Å²) in [6, 6.07) is 8.95. The van der Waals surface area contributed by atoms with Crippen molar-refractivity contribution < 1.29 is 0 Å². The Hall–Kier alpha value is -0.0900. The minimum Gasteiger partial charge on any atom is -0.316 e. The molecule has 1 saturated heterocycles. The maximum atomic E-state index is 3.49. The van der Waals surface area contributed by atoms with E-state index in [4.69, 9.17) is 0 Å². The zero-order valence-corrected chi connectivity index (χ0v) is 10.7. The summed E-state index contributed by atoms with van der Waals surface area (Å²) >= 11 is 2.36. The second-order valence-electron chi connectivity index (χ2n) is 4.35. The number of hydrogen-bond donors (Lipinski definition) is 1. The zero-order valence-electron chi connectivity index (χ0n) is 8.52. The van der Waals surface area contributed by atoms with Gasteiger partial charge in [0.25, 0.3) is 0 Å². The van der Waals surface area contributed by atoms with E-state index >= 15 is 0 Å². The topological polar surface area (TPSA) is 12.0 Å². The third-order valence-corrected chi connectivity index (χ3v) is 3.86. The van der Waals surface area contributed by atoms with Crippen LogP contribution in [0.4, 0.5) is 0 Å². The predicted octanol–water partition coefficient (Wildman–Crippen LogP) is 2.93. The van der Waals surface area contributed by atoms with Crippen molar-refractivity contribution in [2.45, 2.75) is 25.2 Å². The highest BCUT2D eigenvalue weighted by Gasteiger charge is 2.28. The summed E-state index contributed by atoms with van der Waals surface area (Å²) in [6.45, 7) is 4.66. The Kier molecular flexibility index (Phi) is 3.12. The van der Waals surface area contributed by atoms with Crippen molar-refractivity contribution in [1.29, 1.82) is 0 Å². The van der Waals surface area contributed by atoms with Gasteiger partial charge in [0.05, 0.1) is 0 Å². The molecule has 0 amide bonds. The van der Waals surface area contributed by atoms with Gasteiger partial charge in [0.1, 0.15) is 0 Å². The van der Waals surface area contributed by atoms with Gasteiger partial charge in [-0.2, -0.15) is 0 Å². The molecule has 76 valence electrons. The molecule has 0 spiro atoms. The lowest BCUT2D eigenvalue weighted by molar-refractivity contribution is 0.339. The van der Waals surface area contributed by atoms with Crippen LogP contribution in [0.2, 0.25) is 0 Å². The summed E-state index contributed by atoms with van der Waals surface area (Å²) in [6.07, 6.45) is 2.60. The second kappa shape index (κ2) is 4.19. The fourth-order valence-electron chi connectivity index (χ4n) is 2.15. The first-order valence-electron chi connectivity index (χ1n) is 5.17. The van der Waals surface area contributed by atoms with Gasteiger partial charge < -0.3 is 5.32 Å². The number of nitrogens with one attached hydrogen (secondary N) is 1.